The van der Waals surface area contributed by atoms with Crippen LogP contribution in [0.15, 0.2) is 90.3 Å². The Morgan fingerprint density at radius 2 is 1.69 bits per heavy atom. The van der Waals surface area contributed by atoms with Gasteiger partial charge in [0, 0.05) is 11.6 Å². The molecule has 0 spiro atoms. The van der Waals surface area contributed by atoms with Crippen LogP contribution >= 0.6 is 0 Å². The van der Waals surface area contributed by atoms with E-state index in [-0.39, 0.29) is 12.5 Å². The Hall–Kier alpha value is -4.76. The summed E-state index contributed by atoms with van der Waals surface area (Å²) < 4.78 is 17.0. The van der Waals surface area contributed by atoms with Crippen LogP contribution in [0.3, 0.4) is 0 Å². The summed E-state index contributed by atoms with van der Waals surface area (Å²) in [5, 5.41) is 12.0. The molecule has 1 heterocycles. The first-order valence-electron chi connectivity index (χ1n) is 11.5. The summed E-state index contributed by atoms with van der Waals surface area (Å²) in [6, 6.07) is 27.1. The number of para-hydroxylation sites is 1. The van der Waals surface area contributed by atoms with Crippen molar-refractivity contribution in [3.8, 4) is 23.3 Å². The van der Waals surface area contributed by atoms with Crippen molar-refractivity contribution in [3.63, 3.8) is 0 Å². The number of fused-ring (bicyclic) bond motifs is 2. The van der Waals surface area contributed by atoms with Gasteiger partial charge < -0.3 is 19.9 Å². The largest absolute Gasteiger partial charge is 0.481 e. The number of aryl methyl sites for hydroxylation is 2. The van der Waals surface area contributed by atoms with Crippen LogP contribution in [0.2, 0.25) is 0 Å². The third-order valence-corrected chi connectivity index (χ3v) is 6.30. The topological polar surface area (TPSA) is 94.6 Å². The van der Waals surface area contributed by atoms with Crippen molar-refractivity contribution in [2.45, 2.75) is 19.8 Å². The Morgan fingerprint density at radius 3 is 2.47 bits per heavy atom. The second-order valence-electron chi connectivity index (χ2n) is 8.68. The molecule has 36 heavy (non-hydrogen) atoms. The quantitative estimate of drug-likeness (QED) is 0.295. The van der Waals surface area contributed by atoms with Crippen LogP contribution in [-0.2, 0) is 4.79 Å². The number of benzene rings is 4. The fourth-order valence-corrected chi connectivity index (χ4v) is 4.64. The van der Waals surface area contributed by atoms with Gasteiger partial charge in [0.05, 0.1) is 5.92 Å². The molecule has 1 unspecified atom stereocenters. The summed E-state index contributed by atoms with van der Waals surface area (Å²) in [6.45, 7) is 3.62. The number of hydrogen-bond acceptors (Lipinski definition) is 6. The molecular formula is C30H24N2O4. The molecule has 0 amide bonds. The number of rotatable bonds is 5. The lowest BCUT2D eigenvalue weighted by Gasteiger charge is -2.27. The number of nitriles is 1. The SMILES string of the molecule is Cc1cccc(C)c1OCC(=O)Oc1ccc2c(c1)OC(N)=C(C#N)C2c1cccc2ccccc12. The summed E-state index contributed by atoms with van der Waals surface area (Å²) in [4.78, 5) is 12.5. The highest BCUT2D eigenvalue weighted by Crippen LogP contribution is 2.45. The zero-order valence-corrected chi connectivity index (χ0v) is 19.9. The highest BCUT2D eigenvalue weighted by atomic mass is 16.6. The lowest BCUT2D eigenvalue weighted by atomic mass is 9.81. The standard InChI is InChI=1S/C30H24N2O4/c1-18-7-5-8-19(2)29(18)34-17-27(33)35-21-13-14-24-26(15-21)36-30(32)25(16-31)28(24)23-12-6-10-20-9-3-4-11-22(20)23/h3-15,28H,17,32H2,1-2H3. The van der Waals surface area contributed by atoms with E-state index in [1.807, 2.05) is 74.5 Å². The fraction of sp³-hybridized carbons (Fsp3) is 0.133. The predicted molar refractivity (Wildman–Crippen MR) is 137 cm³/mol. The van der Waals surface area contributed by atoms with Gasteiger partial charge in [-0.1, -0.05) is 66.7 Å². The van der Waals surface area contributed by atoms with Crippen LogP contribution in [0.5, 0.6) is 17.2 Å². The fourth-order valence-electron chi connectivity index (χ4n) is 4.64. The van der Waals surface area contributed by atoms with Crippen LogP contribution in [0.25, 0.3) is 10.8 Å². The highest BCUT2D eigenvalue weighted by Gasteiger charge is 2.32. The Bertz CT molecular complexity index is 1540. The monoisotopic (exact) mass is 476 g/mol. The number of allylic oxidation sites excluding steroid dienone is 1. The van der Waals surface area contributed by atoms with Crippen molar-refractivity contribution >= 4 is 16.7 Å². The van der Waals surface area contributed by atoms with Crippen LogP contribution in [0.4, 0.5) is 0 Å². The lowest BCUT2D eigenvalue weighted by Crippen LogP contribution is -2.22. The highest BCUT2D eigenvalue weighted by molar-refractivity contribution is 5.87. The molecule has 178 valence electrons. The maximum absolute atomic E-state index is 12.5. The van der Waals surface area contributed by atoms with Gasteiger partial charge in [0.25, 0.3) is 0 Å². The molecule has 5 rings (SSSR count). The molecular weight excluding hydrogens is 452 g/mol. The Balaban J connectivity index is 1.43. The normalized spacial score (nSPS) is 14.5. The molecule has 0 radical (unpaired) electrons. The van der Waals surface area contributed by atoms with E-state index in [1.54, 1.807) is 18.2 Å². The Morgan fingerprint density at radius 1 is 0.972 bits per heavy atom. The number of esters is 1. The van der Waals surface area contributed by atoms with E-state index >= 15 is 0 Å². The van der Waals surface area contributed by atoms with E-state index in [4.69, 9.17) is 19.9 Å². The molecule has 1 aliphatic rings. The van der Waals surface area contributed by atoms with Crippen molar-refractivity contribution < 1.29 is 19.0 Å². The number of nitrogens with zero attached hydrogens (tertiary/aromatic N) is 1. The molecule has 0 aliphatic carbocycles. The van der Waals surface area contributed by atoms with E-state index in [9.17, 15) is 10.1 Å². The summed E-state index contributed by atoms with van der Waals surface area (Å²) in [5.74, 6) is 0.481. The van der Waals surface area contributed by atoms with Crippen molar-refractivity contribution in [1.29, 1.82) is 5.26 Å². The van der Waals surface area contributed by atoms with Crippen LogP contribution in [-0.4, -0.2) is 12.6 Å². The molecule has 1 atom stereocenters. The minimum atomic E-state index is -0.541. The summed E-state index contributed by atoms with van der Waals surface area (Å²) >= 11 is 0. The van der Waals surface area contributed by atoms with Gasteiger partial charge in [-0.2, -0.15) is 5.26 Å². The van der Waals surface area contributed by atoms with Gasteiger partial charge >= 0.3 is 5.97 Å². The van der Waals surface area contributed by atoms with Gasteiger partial charge in [-0.05, 0) is 47.4 Å². The second kappa shape index (κ2) is 9.47. The van der Waals surface area contributed by atoms with Crippen LogP contribution < -0.4 is 19.9 Å². The zero-order chi connectivity index (χ0) is 25.2. The van der Waals surface area contributed by atoms with Gasteiger partial charge in [0.1, 0.15) is 28.9 Å². The van der Waals surface area contributed by atoms with E-state index in [2.05, 4.69) is 6.07 Å². The zero-order valence-electron chi connectivity index (χ0n) is 19.9. The van der Waals surface area contributed by atoms with Crippen LogP contribution in [0, 0.1) is 25.2 Å². The maximum Gasteiger partial charge on any atom is 0.349 e. The Kier molecular flexibility index (Phi) is 6.05. The minimum Gasteiger partial charge on any atom is -0.481 e. The first-order valence-corrected chi connectivity index (χ1v) is 11.5. The first-order chi connectivity index (χ1) is 17.5. The van der Waals surface area contributed by atoms with Gasteiger partial charge in [-0.25, -0.2) is 4.79 Å². The average Bonchev–Trinajstić information content (AvgIpc) is 2.87. The molecule has 0 saturated heterocycles. The third kappa shape index (κ3) is 4.23. The summed E-state index contributed by atoms with van der Waals surface area (Å²) in [6.07, 6.45) is 0. The van der Waals surface area contributed by atoms with E-state index in [1.165, 1.54) is 0 Å². The molecule has 1 aliphatic heterocycles. The van der Waals surface area contributed by atoms with Crippen molar-refractivity contribution in [3.05, 3.63) is 113 Å². The lowest BCUT2D eigenvalue weighted by molar-refractivity contribution is -0.136. The number of carbonyl (C=O) groups excluding carboxylic acids is 1. The summed E-state index contributed by atoms with van der Waals surface area (Å²) in [5.41, 5.74) is 10.1. The van der Waals surface area contributed by atoms with Crippen molar-refractivity contribution in [2.75, 3.05) is 6.61 Å². The molecule has 4 aromatic carbocycles. The molecule has 4 aromatic rings. The number of nitrogens with two attached hydrogens (primary N) is 1. The number of ether oxygens (including phenoxy) is 3. The molecule has 2 N–H and O–H groups in total. The van der Waals surface area contributed by atoms with Crippen molar-refractivity contribution in [2.24, 2.45) is 5.73 Å². The van der Waals surface area contributed by atoms with Gasteiger partial charge in [-0.15, -0.1) is 0 Å². The third-order valence-electron chi connectivity index (χ3n) is 6.30. The summed E-state index contributed by atoms with van der Waals surface area (Å²) in [7, 11) is 0. The Labute approximate surface area is 209 Å². The molecule has 0 fully saturated rings. The smallest absolute Gasteiger partial charge is 0.349 e. The average molecular weight is 477 g/mol. The van der Waals surface area contributed by atoms with Crippen molar-refractivity contribution in [1.82, 2.24) is 0 Å². The van der Waals surface area contributed by atoms with Gasteiger partial charge in [-0.3, -0.25) is 0 Å². The molecule has 6 nitrogen and oxygen atoms in total. The van der Waals surface area contributed by atoms with Gasteiger partial charge in [0.15, 0.2) is 6.61 Å². The van der Waals surface area contributed by atoms with E-state index in [0.29, 0.717) is 22.8 Å². The molecule has 0 saturated carbocycles. The number of hydrogen-bond donors (Lipinski definition) is 1. The minimum absolute atomic E-state index is 0.0322. The maximum atomic E-state index is 12.5. The van der Waals surface area contributed by atoms with E-state index in [0.717, 1.165) is 33.0 Å². The predicted octanol–water partition coefficient (Wildman–Crippen LogP) is 5.66. The molecule has 6 heteroatoms. The molecule has 0 bridgehead atoms. The number of carbonyl (C=O) groups is 1. The van der Waals surface area contributed by atoms with Crippen LogP contribution in [0.1, 0.15) is 28.2 Å². The first kappa shape index (κ1) is 23.0. The van der Waals surface area contributed by atoms with E-state index < -0.39 is 11.9 Å². The molecule has 0 aromatic heterocycles. The van der Waals surface area contributed by atoms with Gasteiger partial charge in [0.2, 0.25) is 5.88 Å². The second-order valence-corrected chi connectivity index (χ2v) is 8.68.